The molecule has 1 aromatic carbocycles. The van der Waals surface area contributed by atoms with E-state index in [0.717, 1.165) is 30.0 Å². The Balaban J connectivity index is 1.68. The molecule has 0 spiro atoms. The Morgan fingerprint density at radius 2 is 2.10 bits per heavy atom. The van der Waals surface area contributed by atoms with Gasteiger partial charge in [0.25, 0.3) is 0 Å². The zero-order valence-corrected chi connectivity index (χ0v) is 11.2. The fourth-order valence-electron chi connectivity index (χ4n) is 2.42. The van der Waals surface area contributed by atoms with Crippen LogP contribution in [-0.2, 0) is 4.79 Å². The van der Waals surface area contributed by atoms with Crippen LogP contribution < -0.4 is 15.2 Å². The third-order valence-electron chi connectivity index (χ3n) is 3.52. The van der Waals surface area contributed by atoms with Crippen molar-refractivity contribution in [2.24, 2.45) is 5.73 Å². The number of carbonyl (C=O) groups is 1. The SMILES string of the molecule is NC1CCN(C(=O)/C=C/c2ccc3c(c2)OCCO3)C1. The minimum Gasteiger partial charge on any atom is -0.486 e. The van der Waals surface area contributed by atoms with Gasteiger partial charge in [0.1, 0.15) is 13.2 Å². The predicted octanol–water partition coefficient (Wildman–Crippen LogP) is 1.03. The van der Waals surface area contributed by atoms with E-state index in [0.29, 0.717) is 19.8 Å². The molecule has 0 aliphatic carbocycles. The molecule has 1 aromatic rings. The van der Waals surface area contributed by atoms with Gasteiger partial charge in [-0.3, -0.25) is 4.79 Å². The minimum absolute atomic E-state index is 0.00726. The fourth-order valence-corrected chi connectivity index (χ4v) is 2.42. The van der Waals surface area contributed by atoms with E-state index in [-0.39, 0.29) is 11.9 Å². The van der Waals surface area contributed by atoms with Crippen LogP contribution >= 0.6 is 0 Å². The van der Waals surface area contributed by atoms with Gasteiger partial charge in [0.15, 0.2) is 11.5 Å². The highest BCUT2D eigenvalue weighted by Gasteiger charge is 2.21. The van der Waals surface area contributed by atoms with Crippen molar-refractivity contribution >= 4 is 12.0 Å². The van der Waals surface area contributed by atoms with Crippen LogP contribution in [0.15, 0.2) is 24.3 Å². The lowest BCUT2D eigenvalue weighted by atomic mass is 10.2. The summed E-state index contributed by atoms with van der Waals surface area (Å²) in [6.45, 7) is 2.52. The van der Waals surface area contributed by atoms with Crippen LogP contribution in [0.5, 0.6) is 11.5 Å². The Morgan fingerprint density at radius 3 is 2.85 bits per heavy atom. The van der Waals surface area contributed by atoms with Gasteiger partial charge in [0.2, 0.25) is 5.91 Å². The largest absolute Gasteiger partial charge is 0.486 e. The molecule has 5 nitrogen and oxygen atoms in total. The highest BCUT2D eigenvalue weighted by atomic mass is 16.6. The van der Waals surface area contributed by atoms with Crippen LogP contribution in [0.3, 0.4) is 0 Å². The number of ether oxygens (including phenoxy) is 2. The third kappa shape index (κ3) is 2.77. The number of likely N-dealkylation sites (tertiary alicyclic amines) is 1. The van der Waals surface area contributed by atoms with Gasteiger partial charge in [-0.2, -0.15) is 0 Å². The van der Waals surface area contributed by atoms with E-state index in [4.69, 9.17) is 15.2 Å². The molecule has 1 unspecified atom stereocenters. The molecule has 2 N–H and O–H groups in total. The molecule has 1 fully saturated rings. The second kappa shape index (κ2) is 5.54. The van der Waals surface area contributed by atoms with Gasteiger partial charge < -0.3 is 20.1 Å². The summed E-state index contributed by atoms with van der Waals surface area (Å²) in [5.41, 5.74) is 6.72. The average molecular weight is 274 g/mol. The number of carbonyl (C=O) groups excluding carboxylic acids is 1. The van der Waals surface area contributed by atoms with Crippen LogP contribution in [0.1, 0.15) is 12.0 Å². The number of benzene rings is 1. The molecule has 106 valence electrons. The smallest absolute Gasteiger partial charge is 0.246 e. The van der Waals surface area contributed by atoms with E-state index in [1.807, 2.05) is 18.2 Å². The first-order chi connectivity index (χ1) is 9.72. The Labute approximate surface area is 118 Å². The number of rotatable bonds is 2. The fraction of sp³-hybridized carbons (Fsp3) is 0.400. The number of amides is 1. The molecule has 0 aromatic heterocycles. The quantitative estimate of drug-likeness (QED) is 0.818. The van der Waals surface area contributed by atoms with Gasteiger partial charge in [0, 0.05) is 25.2 Å². The van der Waals surface area contributed by atoms with E-state index in [2.05, 4.69) is 0 Å². The molecule has 1 atom stereocenters. The summed E-state index contributed by atoms with van der Waals surface area (Å²) in [6, 6.07) is 5.77. The lowest BCUT2D eigenvalue weighted by molar-refractivity contribution is -0.124. The van der Waals surface area contributed by atoms with Crippen molar-refractivity contribution in [2.45, 2.75) is 12.5 Å². The number of hydrogen-bond donors (Lipinski definition) is 1. The summed E-state index contributed by atoms with van der Waals surface area (Å²) < 4.78 is 11.0. The summed E-state index contributed by atoms with van der Waals surface area (Å²) in [7, 11) is 0. The number of fused-ring (bicyclic) bond motifs is 1. The zero-order chi connectivity index (χ0) is 13.9. The molecule has 2 aliphatic heterocycles. The lowest BCUT2D eigenvalue weighted by Crippen LogP contribution is -2.30. The van der Waals surface area contributed by atoms with Crippen molar-refractivity contribution in [3.05, 3.63) is 29.8 Å². The lowest BCUT2D eigenvalue weighted by Gasteiger charge is -2.18. The molecular weight excluding hydrogens is 256 g/mol. The van der Waals surface area contributed by atoms with Crippen molar-refractivity contribution in [3.8, 4) is 11.5 Å². The van der Waals surface area contributed by atoms with Gasteiger partial charge >= 0.3 is 0 Å². The summed E-state index contributed by atoms with van der Waals surface area (Å²) in [6.07, 6.45) is 4.26. The van der Waals surface area contributed by atoms with Crippen molar-refractivity contribution in [1.82, 2.24) is 4.90 Å². The molecule has 3 rings (SSSR count). The first-order valence-electron chi connectivity index (χ1n) is 6.84. The van der Waals surface area contributed by atoms with Crippen LogP contribution in [0.4, 0.5) is 0 Å². The van der Waals surface area contributed by atoms with Crippen LogP contribution in [0, 0.1) is 0 Å². The third-order valence-corrected chi connectivity index (χ3v) is 3.52. The molecule has 2 heterocycles. The average Bonchev–Trinajstić information content (AvgIpc) is 2.91. The molecule has 0 radical (unpaired) electrons. The number of nitrogens with zero attached hydrogens (tertiary/aromatic N) is 1. The standard InChI is InChI=1S/C15H18N2O3/c16-12-5-6-17(10-12)15(18)4-2-11-1-3-13-14(9-11)20-8-7-19-13/h1-4,9,12H,5-8,10,16H2/b4-2+. The molecule has 0 saturated carbocycles. The van der Waals surface area contributed by atoms with E-state index >= 15 is 0 Å². The summed E-state index contributed by atoms with van der Waals surface area (Å²) in [5, 5.41) is 0. The van der Waals surface area contributed by atoms with Gasteiger partial charge in [-0.1, -0.05) is 6.07 Å². The number of hydrogen-bond acceptors (Lipinski definition) is 4. The Kier molecular flexibility index (Phi) is 3.60. The molecule has 5 heteroatoms. The second-order valence-corrected chi connectivity index (χ2v) is 5.07. The van der Waals surface area contributed by atoms with E-state index < -0.39 is 0 Å². The van der Waals surface area contributed by atoms with E-state index in [9.17, 15) is 4.79 Å². The maximum atomic E-state index is 12.0. The molecule has 0 bridgehead atoms. The Morgan fingerprint density at radius 1 is 1.30 bits per heavy atom. The van der Waals surface area contributed by atoms with Gasteiger partial charge in [-0.05, 0) is 30.2 Å². The first kappa shape index (κ1) is 13.0. The Bertz CT molecular complexity index is 542. The van der Waals surface area contributed by atoms with Gasteiger partial charge in [-0.15, -0.1) is 0 Å². The van der Waals surface area contributed by atoms with Crippen LogP contribution in [0.2, 0.25) is 0 Å². The topological polar surface area (TPSA) is 64.8 Å². The molecule has 1 amide bonds. The summed E-state index contributed by atoms with van der Waals surface area (Å²) in [4.78, 5) is 13.8. The maximum Gasteiger partial charge on any atom is 0.246 e. The summed E-state index contributed by atoms with van der Waals surface area (Å²) in [5.74, 6) is 1.49. The van der Waals surface area contributed by atoms with Crippen LogP contribution in [-0.4, -0.2) is 43.2 Å². The molecular formula is C15H18N2O3. The highest BCUT2D eigenvalue weighted by molar-refractivity contribution is 5.92. The van der Waals surface area contributed by atoms with Gasteiger partial charge in [-0.25, -0.2) is 0 Å². The normalized spacial score (nSPS) is 21.4. The summed E-state index contributed by atoms with van der Waals surface area (Å²) >= 11 is 0. The minimum atomic E-state index is 0.00726. The van der Waals surface area contributed by atoms with Gasteiger partial charge in [0.05, 0.1) is 0 Å². The maximum absolute atomic E-state index is 12.0. The van der Waals surface area contributed by atoms with Crippen LogP contribution in [0.25, 0.3) is 6.08 Å². The predicted molar refractivity (Wildman–Crippen MR) is 75.6 cm³/mol. The van der Waals surface area contributed by atoms with Crippen molar-refractivity contribution in [1.29, 1.82) is 0 Å². The van der Waals surface area contributed by atoms with E-state index in [1.165, 1.54) is 0 Å². The van der Waals surface area contributed by atoms with Crippen molar-refractivity contribution in [2.75, 3.05) is 26.3 Å². The van der Waals surface area contributed by atoms with Crippen molar-refractivity contribution < 1.29 is 14.3 Å². The monoisotopic (exact) mass is 274 g/mol. The van der Waals surface area contributed by atoms with Crippen molar-refractivity contribution in [3.63, 3.8) is 0 Å². The number of nitrogens with two attached hydrogens (primary N) is 1. The first-order valence-corrected chi connectivity index (χ1v) is 6.84. The Hall–Kier alpha value is -2.01. The molecule has 1 saturated heterocycles. The highest BCUT2D eigenvalue weighted by Crippen LogP contribution is 2.31. The zero-order valence-electron chi connectivity index (χ0n) is 11.2. The second-order valence-electron chi connectivity index (χ2n) is 5.07. The molecule has 20 heavy (non-hydrogen) atoms. The van der Waals surface area contributed by atoms with E-state index in [1.54, 1.807) is 17.1 Å². The molecule has 2 aliphatic rings.